The Labute approximate surface area is 129 Å². The van der Waals surface area contributed by atoms with Gasteiger partial charge in [0.25, 0.3) is 0 Å². The van der Waals surface area contributed by atoms with E-state index in [4.69, 9.17) is 4.74 Å². The molecule has 2 rings (SSSR count). The molecule has 0 amide bonds. The van der Waals surface area contributed by atoms with E-state index >= 15 is 0 Å². The van der Waals surface area contributed by atoms with Gasteiger partial charge in [-0.15, -0.1) is 0 Å². The van der Waals surface area contributed by atoms with E-state index in [1.54, 1.807) is 0 Å². The predicted octanol–water partition coefficient (Wildman–Crippen LogP) is 2.43. The maximum Gasteiger partial charge on any atom is 0.326 e. The summed E-state index contributed by atoms with van der Waals surface area (Å²) in [5.74, 6) is 1.49. The van der Waals surface area contributed by atoms with Gasteiger partial charge >= 0.3 is 5.97 Å². The normalized spacial score (nSPS) is 29.9. The minimum atomic E-state index is -0.524. The SMILES string of the molecule is CCOC(=O)C(C)(CCN1CCC(C)C(C)C1)NC1CC1. The zero-order chi connectivity index (χ0) is 15.5. The van der Waals surface area contributed by atoms with E-state index in [9.17, 15) is 4.79 Å². The van der Waals surface area contributed by atoms with Crippen LogP contribution in [0.5, 0.6) is 0 Å². The number of rotatable bonds is 7. The molecule has 4 nitrogen and oxygen atoms in total. The quantitative estimate of drug-likeness (QED) is 0.733. The van der Waals surface area contributed by atoms with Crippen LogP contribution < -0.4 is 5.32 Å². The van der Waals surface area contributed by atoms with Crippen molar-refractivity contribution in [1.82, 2.24) is 10.2 Å². The first-order valence-corrected chi connectivity index (χ1v) is 8.62. The summed E-state index contributed by atoms with van der Waals surface area (Å²) in [4.78, 5) is 14.8. The van der Waals surface area contributed by atoms with Crippen LogP contribution >= 0.6 is 0 Å². The van der Waals surface area contributed by atoms with E-state index in [1.807, 2.05) is 13.8 Å². The van der Waals surface area contributed by atoms with Crippen LogP contribution in [0, 0.1) is 11.8 Å². The van der Waals surface area contributed by atoms with Gasteiger partial charge in [0, 0.05) is 19.1 Å². The molecule has 0 aromatic heterocycles. The number of nitrogens with zero attached hydrogens (tertiary/aromatic N) is 1. The summed E-state index contributed by atoms with van der Waals surface area (Å²) in [6.07, 6.45) is 4.48. The molecule has 3 atom stereocenters. The monoisotopic (exact) mass is 296 g/mol. The van der Waals surface area contributed by atoms with Crippen LogP contribution in [0.25, 0.3) is 0 Å². The Bertz CT molecular complexity index is 357. The maximum absolute atomic E-state index is 12.3. The van der Waals surface area contributed by atoms with Crippen LogP contribution in [0.4, 0.5) is 0 Å². The van der Waals surface area contributed by atoms with E-state index in [1.165, 1.54) is 19.3 Å². The summed E-state index contributed by atoms with van der Waals surface area (Å²) < 4.78 is 5.29. The number of hydrogen-bond acceptors (Lipinski definition) is 4. The molecular weight excluding hydrogens is 264 g/mol. The average Bonchev–Trinajstić information content (AvgIpc) is 3.24. The third-order valence-corrected chi connectivity index (χ3v) is 5.17. The van der Waals surface area contributed by atoms with Gasteiger partial charge in [0.2, 0.25) is 0 Å². The first-order valence-electron chi connectivity index (χ1n) is 8.62. The molecule has 21 heavy (non-hydrogen) atoms. The smallest absolute Gasteiger partial charge is 0.326 e. The van der Waals surface area contributed by atoms with Gasteiger partial charge in [-0.05, 0) is 57.9 Å². The lowest BCUT2D eigenvalue weighted by Gasteiger charge is -2.37. The van der Waals surface area contributed by atoms with Crippen LogP contribution in [0.1, 0.15) is 53.4 Å². The Balaban J connectivity index is 1.87. The van der Waals surface area contributed by atoms with Crippen LogP contribution in [0.15, 0.2) is 0 Å². The highest BCUT2D eigenvalue weighted by atomic mass is 16.5. The topological polar surface area (TPSA) is 41.6 Å². The highest BCUT2D eigenvalue weighted by molar-refractivity contribution is 5.80. The van der Waals surface area contributed by atoms with Crippen LogP contribution in [-0.4, -0.2) is 48.7 Å². The molecule has 1 aliphatic carbocycles. The van der Waals surface area contributed by atoms with Crippen molar-refractivity contribution < 1.29 is 9.53 Å². The average molecular weight is 296 g/mol. The fourth-order valence-electron chi connectivity index (χ4n) is 3.14. The van der Waals surface area contributed by atoms with Crippen molar-refractivity contribution in [2.45, 2.75) is 65.0 Å². The van der Waals surface area contributed by atoms with Gasteiger partial charge in [-0.2, -0.15) is 0 Å². The Morgan fingerprint density at radius 1 is 1.29 bits per heavy atom. The van der Waals surface area contributed by atoms with Crippen LogP contribution in [0.2, 0.25) is 0 Å². The van der Waals surface area contributed by atoms with Crippen molar-refractivity contribution in [2.75, 3.05) is 26.2 Å². The molecule has 2 aliphatic rings. The second kappa shape index (κ2) is 7.10. The minimum absolute atomic E-state index is 0.0877. The molecule has 0 spiro atoms. The van der Waals surface area contributed by atoms with Gasteiger partial charge in [-0.25, -0.2) is 0 Å². The van der Waals surface area contributed by atoms with E-state index in [0.29, 0.717) is 12.6 Å². The lowest BCUT2D eigenvalue weighted by molar-refractivity contribution is -0.151. The van der Waals surface area contributed by atoms with Crippen molar-refractivity contribution in [1.29, 1.82) is 0 Å². The van der Waals surface area contributed by atoms with Crippen LogP contribution in [-0.2, 0) is 9.53 Å². The lowest BCUT2D eigenvalue weighted by atomic mass is 9.88. The molecule has 1 aliphatic heterocycles. The second-order valence-electron chi connectivity index (χ2n) is 7.27. The summed E-state index contributed by atoms with van der Waals surface area (Å²) in [6.45, 7) is 12.3. The zero-order valence-electron chi connectivity index (χ0n) is 14.2. The maximum atomic E-state index is 12.3. The molecule has 1 N–H and O–H groups in total. The fraction of sp³-hybridized carbons (Fsp3) is 0.941. The summed E-state index contributed by atoms with van der Waals surface area (Å²) in [7, 11) is 0. The molecule has 2 fully saturated rings. The van der Waals surface area contributed by atoms with Gasteiger partial charge in [-0.3, -0.25) is 10.1 Å². The number of nitrogens with one attached hydrogen (secondary N) is 1. The van der Waals surface area contributed by atoms with Crippen molar-refractivity contribution in [3.63, 3.8) is 0 Å². The minimum Gasteiger partial charge on any atom is -0.465 e. The number of carbonyl (C=O) groups is 1. The van der Waals surface area contributed by atoms with Gasteiger partial charge in [0.05, 0.1) is 6.61 Å². The molecule has 4 heteroatoms. The van der Waals surface area contributed by atoms with Gasteiger partial charge in [-0.1, -0.05) is 13.8 Å². The van der Waals surface area contributed by atoms with Crippen LogP contribution in [0.3, 0.4) is 0 Å². The molecule has 0 radical (unpaired) electrons. The predicted molar refractivity (Wildman–Crippen MR) is 85.2 cm³/mol. The summed E-state index contributed by atoms with van der Waals surface area (Å²) >= 11 is 0. The van der Waals surface area contributed by atoms with Gasteiger partial charge < -0.3 is 9.64 Å². The lowest BCUT2D eigenvalue weighted by Crippen LogP contribution is -2.53. The molecule has 0 bridgehead atoms. The summed E-state index contributed by atoms with van der Waals surface area (Å²) in [6, 6.07) is 0.514. The summed E-state index contributed by atoms with van der Waals surface area (Å²) in [5.41, 5.74) is -0.524. The highest BCUT2D eigenvalue weighted by Crippen LogP contribution is 2.27. The number of carbonyl (C=O) groups excluding carboxylic acids is 1. The molecule has 1 saturated carbocycles. The van der Waals surface area contributed by atoms with Crippen molar-refractivity contribution in [3.8, 4) is 0 Å². The van der Waals surface area contributed by atoms with E-state index < -0.39 is 5.54 Å². The second-order valence-corrected chi connectivity index (χ2v) is 7.27. The van der Waals surface area contributed by atoms with Gasteiger partial charge in [0.1, 0.15) is 5.54 Å². The van der Waals surface area contributed by atoms with Crippen molar-refractivity contribution in [2.24, 2.45) is 11.8 Å². The number of piperidine rings is 1. The van der Waals surface area contributed by atoms with Gasteiger partial charge in [0.15, 0.2) is 0 Å². The molecule has 0 aromatic carbocycles. The first-order chi connectivity index (χ1) is 9.94. The third-order valence-electron chi connectivity index (χ3n) is 5.17. The zero-order valence-corrected chi connectivity index (χ0v) is 14.2. The van der Waals surface area contributed by atoms with E-state index in [-0.39, 0.29) is 5.97 Å². The number of ether oxygens (including phenoxy) is 1. The number of hydrogen-bond donors (Lipinski definition) is 1. The molecule has 122 valence electrons. The molecule has 0 aromatic rings. The third kappa shape index (κ3) is 4.68. The molecule has 3 unspecified atom stereocenters. The summed E-state index contributed by atoms with van der Waals surface area (Å²) in [5, 5.41) is 3.51. The first kappa shape index (κ1) is 16.8. The highest BCUT2D eigenvalue weighted by Gasteiger charge is 2.40. The number of esters is 1. The Morgan fingerprint density at radius 3 is 2.57 bits per heavy atom. The number of likely N-dealkylation sites (tertiary alicyclic amines) is 1. The Hall–Kier alpha value is -0.610. The largest absolute Gasteiger partial charge is 0.465 e. The molecular formula is C17H32N2O2. The van der Waals surface area contributed by atoms with Crippen molar-refractivity contribution in [3.05, 3.63) is 0 Å². The molecule has 1 saturated heterocycles. The fourth-order valence-corrected chi connectivity index (χ4v) is 3.14. The van der Waals surface area contributed by atoms with E-state index in [2.05, 4.69) is 24.1 Å². The Kier molecular flexibility index (Phi) is 5.67. The Morgan fingerprint density at radius 2 is 2.00 bits per heavy atom. The standard InChI is InChI=1S/C17H32N2O2/c1-5-21-16(20)17(4,18-15-6-7-15)9-11-19-10-8-13(2)14(3)12-19/h13-15,18H,5-12H2,1-4H3. The van der Waals surface area contributed by atoms with Crippen molar-refractivity contribution >= 4 is 5.97 Å². The van der Waals surface area contributed by atoms with E-state index in [0.717, 1.165) is 37.9 Å². The molecule has 1 heterocycles.